The van der Waals surface area contributed by atoms with Crippen molar-refractivity contribution in [3.63, 3.8) is 0 Å². The molecule has 5 nitrogen and oxygen atoms in total. The predicted octanol–water partition coefficient (Wildman–Crippen LogP) is 0.900. The van der Waals surface area contributed by atoms with Crippen LogP contribution in [0.4, 0.5) is 5.69 Å². The summed E-state index contributed by atoms with van der Waals surface area (Å²) in [6, 6.07) is 2.01. The highest BCUT2D eigenvalue weighted by molar-refractivity contribution is 5.44. The minimum absolute atomic E-state index is 0.189. The van der Waals surface area contributed by atoms with Crippen LogP contribution in [-0.2, 0) is 13.5 Å². The smallest absolute Gasteiger partial charge is 0.0946 e. The van der Waals surface area contributed by atoms with Crippen LogP contribution in [0.2, 0.25) is 0 Å². The van der Waals surface area contributed by atoms with Gasteiger partial charge in [0.1, 0.15) is 0 Å². The zero-order chi connectivity index (χ0) is 12.3. The summed E-state index contributed by atoms with van der Waals surface area (Å²) in [6.07, 6.45) is 7.99. The Labute approximate surface area is 101 Å². The lowest BCUT2D eigenvalue weighted by atomic mass is 10.0. The van der Waals surface area contributed by atoms with E-state index in [-0.39, 0.29) is 6.04 Å². The molecule has 0 aliphatic heterocycles. The molecular weight excluding hydrogens is 214 g/mol. The van der Waals surface area contributed by atoms with Crippen molar-refractivity contribution < 1.29 is 0 Å². The Morgan fingerprint density at radius 3 is 2.82 bits per heavy atom. The lowest BCUT2D eigenvalue weighted by Gasteiger charge is -2.17. The second kappa shape index (κ2) is 4.97. The average molecular weight is 231 g/mol. The summed E-state index contributed by atoms with van der Waals surface area (Å²) in [4.78, 5) is 8.24. The summed E-state index contributed by atoms with van der Waals surface area (Å²) >= 11 is 0. The first-order valence-corrected chi connectivity index (χ1v) is 5.54. The molecular formula is C12H17N5. The predicted molar refractivity (Wildman–Crippen MR) is 67.4 cm³/mol. The summed E-state index contributed by atoms with van der Waals surface area (Å²) in [5.74, 6) is 0. The van der Waals surface area contributed by atoms with Crippen LogP contribution in [0.15, 0.2) is 31.0 Å². The number of rotatable bonds is 4. The van der Waals surface area contributed by atoms with Gasteiger partial charge < -0.3 is 15.6 Å². The fourth-order valence-electron chi connectivity index (χ4n) is 1.89. The molecule has 1 unspecified atom stereocenters. The Balaban J connectivity index is 2.22. The van der Waals surface area contributed by atoms with Gasteiger partial charge in [-0.15, -0.1) is 0 Å². The van der Waals surface area contributed by atoms with Crippen LogP contribution in [0.25, 0.3) is 0 Å². The number of aryl methyl sites for hydroxylation is 1. The first kappa shape index (κ1) is 11.6. The first-order valence-electron chi connectivity index (χ1n) is 5.54. The molecule has 3 N–H and O–H groups in total. The third-order valence-electron chi connectivity index (χ3n) is 2.92. The Bertz CT molecular complexity index is 491. The molecule has 0 bridgehead atoms. The SMILES string of the molecule is CNC(Cc1cnccc1N)c1cncn1C. The van der Waals surface area contributed by atoms with E-state index < -0.39 is 0 Å². The maximum Gasteiger partial charge on any atom is 0.0946 e. The number of imidazole rings is 1. The first-order chi connectivity index (χ1) is 8.22. The zero-order valence-corrected chi connectivity index (χ0v) is 10.1. The van der Waals surface area contributed by atoms with Crippen molar-refractivity contribution in [2.75, 3.05) is 12.8 Å². The summed E-state index contributed by atoms with van der Waals surface area (Å²) in [7, 11) is 3.92. The van der Waals surface area contributed by atoms with Crippen LogP contribution in [0, 0.1) is 0 Å². The molecule has 0 saturated heterocycles. The standard InChI is InChI=1S/C12H17N5/c1-14-11(12-7-16-8-17(12)2)5-9-6-15-4-3-10(9)13/h3-4,6-8,11,14H,5H2,1-2H3,(H2,13,15). The third kappa shape index (κ3) is 2.45. The molecule has 0 aliphatic carbocycles. The van der Waals surface area contributed by atoms with E-state index in [0.29, 0.717) is 0 Å². The van der Waals surface area contributed by atoms with E-state index in [1.54, 1.807) is 12.5 Å². The maximum absolute atomic E-state index is 5.92. The molecule has 2 rings (SSSR count). The van der Waals surface area contributed by atoms with Gasteiger partial charge in [0, 0.05) is 31.3 Å². The third-order valence-corrected chi connectivity index (χ3v) is 2.92. The molecule has 0 fully saturated rings. The van der Waals surface area contributed by atoms with E-state index in [2.05, 4.69) is 15.3 Å². The number of likely N-dealkylation sites (N-methyl/N-ethyl adjacent to an activating group) is 1. The number of nitrogens with zero attached hydrogens (tertiary/aromatic N) is 3. The highest BCUT2D eigenvalue weighted by atomic mass is 15.1. The van der Waals surface area contributed by atoms with Crippen molar-refractivity contribution in [2.24, 2.45) is 7.05 Å². The quantitative estimate of drug-likeness (QED) is 0.820. The maximum atomic E-state index is 5.92. The van der Waals surface area contributed by atoms with Gasteiger partial charge in [0.05, 0.1) is 18.1 Å². The van der Waals surface area contributed by atoms with Gasteiger partial charge in [-0.2, -0.15) is 0 Å². The van der Waals surface area contributed by atoms with Crippen molar-refractivity contribution in [3.05, 3.63) is 42.2 Å². The van der Waals surface area contributed by atoms with E-state index >= 15 is 0 Å². The summed E-state index contributed by atoms with van der Waals surface area (Å²) in [5.41, 5.74) is 8.89. The Hall–Kier alpha value is -1.88. The number of hydrogen-bond acceptors (Lipinski definition) is 4. The zero-order valence-electron chi connectivity index (χ0n) is 10.1. The molecule has 1 atom stereocenters. The van der Waals surface area contributed by atoms with Crippen LogP contribution in [-0.4, -0.2) is 21.6 Å². The van der Waals surface area contributed by atoms with Gasteiger partial charge in [-0.3, -0.25) is 4.98 Å². The van der Waals surface area contributed by atoms with Crippen LogP contribution in [0.1, 0.15) is 17.3 Å². The molecule has 0 spiro atoms. The minimum Gasteiger partial charge on any atom is -0.398 e. The number of nitrogen functional groups attached to an aromatic ring is 1. The average Bonchev–Trinajstić information content (AvgIpc) is 2.75. The number of hydrogen-bond donors (Lipinski definition) is 2. The number of aromatic nitrogens is 3. The second-order valence-electron chi connectivity index (χ2n) is 4.05. The van der Waals surface area contributed by atoms with Crippen LogP contribution < -0.4 is 11.1 Å². The second-order valence-corrected chi connectivity index (χ2v) is 4.05. The van der Waals surface area contributed by atoms with Gasteiger partial charge in [-0.25, -0.2) is 4.98 Å². The molecule has 0 saturated carbocycles. The molecule has 2 aromatic rings. The fraction of sp³-hybridized carbons (Fsp3) is 0.333. The number of pyridine rings is 1. The van der Waals surface area contributed by atoms with Gasteiger partial charge in [0.2, 0.25) is 0 Å². The van der Waals surface area contributed by atoms with Gasteiger partial charge >= 0.3 is 0 Å². The monoisotopic (exact) mass is 231 g/mol. The minimum atomic E-state index is 0.189. The number of nitrogens with one attached hydrogen (secondary N) is 1. The van der Waals surface area contributed by atoms with Crippen LogP contribution in [0.5, 0.6) is 0 Å². The molecule has 0 radical (unpaired) electrons. The number of anilines is 1. The van der Waals surface area contributed by atoms with Crippen molar-refractivity contribution in [1.29, 1.82) is 0 Å². The molecule has 2 aromatic heterocycles. The molecule has 90 valence electrons. The van der Waals surface area contributed by atoms with Crippen molar-refractivity contribution in [3.8, 4) is 0 Å². The Kier molecular flexibility index (Phi) is 3.39. The van der Waals surface area contributed by atoms with Crippen LogP contribution >= 0.6 is 0 Å². The molecule has 5 heteroatoms. The van der Waals surface area contributed by atoms with E-state index in [9.17, 15) is 0 Å². The molecule has 2 heterocycles. The number of nitrogens with two attached hydrogens (primary N) is 1. The topological polar surface area (TPSA) is 68.8 Å². The van der Waals surface area contributed by atoms with Crippen LogP contribution in [0.3, 0.4) is 0 Å². The molecule has 0 aliphatic rings. The Morgan fingerprint density at radius 1 is 1.41 bits per heavy atom. The summed E-state index contributed by atoms with van der Waals surface area (Å²) in [5, 5.41) is 3.28. The van der Waals surface area contributed by atoms with Gasteiger partial charge in [0.15, 0.2) is 0 Å². The van der Waals surface area contributed by atoms with Gasteiger partial charge in [0.25, 0.3) is 0 Å². The van der Waals surface area contributed by atoms with Gasteiger partial charge in [-0.05, 0) is 25.1 Å². The lowest BCUT2D eigenvalue weighted by molar-refractivity contribution is 0.555. The van der Waals surface area contributed by atoms with E-state index in [4.69, 9.17) is 5.73 Å². The van der Waals surface area contributed by atoms with Crippen molar-refractivity contribution >= 4 is 5.69 Å². The van der Waals surface area contributed by atoms with E-state index in [1.165, 1.54) is 0 Å². The Morgan fingerprint density at radius 2 is 2.24 bits per heavy atom. The largest absolute Gasteiger partial charge is 0.398 e. The van der Waals surface area contributed by atoms with E-state index in [0.717, 1.165) is 23.4 Å². The lowest BCUT2D eigenvalue weighted by Crippen LogP contribution is -2.21. The fourth-order valence-corrected chi connectivity index (χ4v) is 1.89. The summed E-state index contributed by atoms with van der Waals surface area (Å²) < 4.78 is 2.01. The highest BCUT2D eigenvalue weighted by Crippen LogP contribution is 2.20. The summed E-state index contributed by atoms with van der Waals surface area (Å²) in [6.45, 7) is 0. The van der Waals surface area contributed by atoms with Crippen molar-refractivity contribution in [2.45, 2.75) is 12.5 Å². The van der Waals surface area contributed by atoms with E-state index in [1.807, 2.05) is 37.1 Å². The normalized spacial score (nSPS) is 12.6. The van der Waals surface area contributed by atoms with Gasteiger partial charge in [-0.1, -0.05) is 0 Å². The molecule has 17 heavy (non-hydrogen) atoms. The molecule has 0 amide bonds. The molecule has 0 aromatic carbocycles. The highest BCUT2D eigenvalue weighted by Gasteiger charge is 2.14. The van der Waals surface area contributed by atoms with Crippen molar-refractivity contribution in [1.82, 2.24) is 19.9 Å².